The summed E-state index contributed by atoms with van der Waals surface area (Å²) in [5, 5.41) is 3.04. The van der Waals surface area contributed by atoms with Crippen LogP contribution < -0.4 is 5.32 Å². The molecule has 0 saturated carbocycles. The lowest BCUT2D eigenvalue weighted by Crippen LogP contribution is -2.32. The Kier molecular flexibility index (Phi) is 7.37. The normalized spacial score (nSPS) is 15.0. The molecule has 1 aliphatic carbocycles. The van der Waals surface area contributed by atoms with Crippen molar-refractivity contribution in [1.29, 1.82) is 0 Å². The van der Waals surface area contributed by atoms with Crippen LogP contribution in [0.3, 0.4) is 0 Å². The molecule has 1 unspecified atom stereocenters. The number of hydrogen-bond donors (Lipinski definition) is 1. The maximum absolute atomic E-state index is 12.8. The summed E-state index contributed by atoms with van der Waals surface area (Å²) in [4.78, 5) is 32.8. The molecule has 0 fully saturated rings. The van der Waals surface area contributed by atoms with Gasteiger partial charge in [-0.2, -0.15) is 0 Å². The van der Waals surface area contributed by atoms with Crippen LogP contribution in [0.15, 0.2) is 61.4 Å². The van der Waals surface area contributed by atoms with Gasteiger partial charge in [-0.15, -0.1) is 0 Å². The Morgan fingerprint density at radius 2 is 1.89 bits per heavy atom. The fourth-order valence-corrected chi connectivity index (χ4v) is 5.23. The molecule has 8 nitrogen and oxygen atoms in total. The molecule has 3 heterocycles. The molecule has 1 N–H and O–H groups in total. The summed E-state index contributed by atoms with van der Waals surface area (Å²) >= 11 is 0. The quantitative estimate of drug-likeness (QED) is 0.394. The van der Waals surface area contributed by atoms with Crippen LogP contribution in [0.2, 0.25) is 0 Å². The standard InChI is InChI=1S/C29H33N7O/c1-20-27(21(2)34-18-33-20)29(37)32-14-22-7-4-8-23(13-22)16-36(17-25-15-30-19-35(25)3)26-11-5-9-24-10-6-12-31-28(24)26/h4,6-8,10,12-13,15,18-19,26H,5,9,11,14,16-17H2,1-3H3,(H,32,37). The lowest BCUT2D eigenvalue weighted by atomic mass is 9.90. The monoisotopic (exact) mass is 495 g/mol. The van der Waals surface area contributed by atoms with Crippen LogP contribution >= 0.6 is 0 Å². The van der Waals surface area contributed by atoms with Crippen molar-refractivity contribution in [2.24, 2.45) is 7.05 Å². The van der Waals surface area contributed by atoms with E-state index in [0.717, 1.165) is 37.9 Å². The molecule has 1 aliphatic rings. The summed E-state index contributed by atoms with van der Waals surface area (Å²) in [7, 11) is 2.04. The molecule has 4 aromatic rings. The maximum atomic E-state index is 12.8. The molecule has 3 aromatic heterocycles. The van der Waals surface area contributed by atoms with Crippen molar-refractivity contribution >= 4 is 5.91 Å². The van der Waals surface area contributed by atoms with Crippen molar-refractivity contribution in [1.82, 2.24) is 34.7 Å². The Morgan fingerprint density at radius 1 is 1.08 bits per heavy atom. The highest BCUT2D eigenvalue weighted by Gasteiger charge is 2.28. The van der Waals surface area contributed by atoms with Gasteiger partial charge in [-0.05, 0) is 55.9 Å². The fraction of sp³-hybridized carbons (Fsp3) is 0.345. The van der Waals surface area contributed by atoms with Gasteiger partial charge in [-0.3, -0.25) is 14.7 Å². The van der Waals surface area contributed by atoms with E-state index >= 15 is 0 Å². The third-order valence-electron chi connectivity index (χ3n) is 7.17. The number of fused-ring (bicyclic) bond motifs is 1. The number of carbonyl (C=O) groups excluding carboxylic acids is 1. The third kappa shape index (κ3) is 5.59. The van der Waals surface area contributed by atoms with Crippen molar-refractivity contribution in [2.75, 3.05) is 0 Å². The lowest BCUT2D eigenvalue weighted by molar-refractivity contribution is 0.0948. The van der Waals surface area contributed by atoms with Gasteiger partial charge in [-0.1, -0.05) is 30.3 Å². The Labute approximate surface area is 217 Å². The van der Waals surface area contributed by atoms with Crippen molar-refractivity contribution in [3.8, 4) is 0 Å². The Morgan fingerprint density at radius 3 is 2.68 bits per heavy atom. The van der Waals surface area contributed by atoms with Gasteiger partial charge in [0.05, 0.1) is 40.7 Å². The second-order valence-corrected chi connectivity index (χ2v) is 9.78. The first-order valence-electron chi connectivity index (χ1n) is 12.8. The Balaban J connectivity index is 1.35. The largest absolute Gasteiger partial charge is 0.348 e. The first kappa shape index (κ1) is 24.8. The summed E-state index contributed by atoms with van der Waals surface area (Å²) in [5.41, 5.74) is 7.88. The van der Waals surface area contributed by atoms with E-state index in [2.05, 4.69) is 54.0 Å². The molecule has 1 atom stereocenters. The van der Waals surface area contributed by atoms with Gasteiger partial charge < -0.3 is 9.88 Å². The van der Waals surface area contributed by atoms with Gasteiger partial charge in [-0.25, -0.2) is 15.0 Å². The van der Waals surface area contributed by atoms with E-state index in [-0.39, 0.29) is 11.9 Å². The number of imidazole rings is 1. The Hall–Kier alpha value is -3.91. The first-order valence-corrected chi connectivity index (χ1v) is 12.8. The number of benzene rings is 1. The number of hydrogen-bond acceptors (Lipinski definition) is 6. The van der Waals surface area contributed by atoms with E-state index in [9.17, 15) is 4.79 Å². The van der Waals surface area contributed by atoms with Crippen LogP contribution in [0.1, 0.15) is 68.7 Å². The van der Waals surface area contributed by atoms with Gasteiger partial charge in [0, 0.05) is 39.1 Å². The summed E-state index contributed by atoms with van der Waals surface area (Å²) in [5.74, 6) is -0.149. The predicted octanol–water partition coefficient (Wildman–Crippen LogP) is 4.23. The molecule has 8 heteroatoms. The molecule has 0 saturated heterocycles. The summed E-state index contributed by atoms with van der Waals surface area (Å²) < 4.78 is 2.08. The lowest BCUT2D eigenvalue weighted by Gasteiger charge is -2.35. The van der Waals surface area contributed by atoms with Crippen LogP contribution in [0.5, 0.6) is 0 Å². The molecule has 1 aromatic carbocycles. The van der Waals surface area contributed by atoms with E-state index in [0.29, 0.717) is 23.5 Å². The number of nitrogens with one attached hydrogen (secondary N) is 1. The average molecular weight is 496 g/mol. The van der Waals surface area contributed by atoms with Crippen molar-refractivity contribution < 1.29 is 4.79 Å². The number of nitrogens with zero attached hydrogens (tertiary/aromatic N) is 6. The number of aryl methyl sites for hydroxylation is 4. The maximum Gasteiger partial charge on any atom is 0.255 e. The fourth-order valence-electron chi connectivity index (χ4n) is 5.23. The van der Waals surface area contributed by atoms with E-state index in [1.54, 1.807) is 0 Å². The molecular formula is C29H33N7O. The molecular weight excluding hydrogens is 462 g/mol. The molecule has 0 bridgehead atoms. The number of aromatic nitrogens is 5. The van der Waals surface area contributed by atoms with Crippen LogP contribution in [-0.2, 0) is 33.1 Å². The van der Waals surface area contributed by atoms with Crippen LogP contribution in [0, 0.1) is 13.8 Å². The highest BCUT2D eigenvalue weighted by atomic mass is 16.1. The van der Waals surface area contributed by atoms with Crippen molar-refractivity contribution in [2.45, 2.75) is 58.8 Å². The second-order valence-electron chi connectivity index (χ2n) is 9.78. The molecule has 37 heavy (non-hydrogen) atoms. The van der Waals surface area contributed by atoms with Gasteiger partial charge in [0.15, 0.2) is 0 Å². The van der Waals surface area contributed by atoms with E-state index in [1.807, 2.05) is 51.7 Å². The highest BCUT2D eigenvalue weighted by Crippen LogP contribution is 2.34. The predicted molar refractivity (Wildman–Crippen MR) is 141 cm³/mol. The molecule has 0 spiro atoms. The van der Waals surface area contributed by atoms with Gasteiger partial charge in [0.2, 0.25) is 0 Å². The smallest absolute Gasteiger partial charge is 0.255 e. The van der Waals surface area contributed by atoms with Gasteiger partial charge >= 0.3 is 0 Å². The van der Waals surface area contributed by atoms with Crippen molar-refractivity contribution in [3.05, 3.63) is 106 Å². The number of pyridine rings is 1. The zero-order valence-corrected chi connectivity index (χ0v) is 21.7. The van der Waals surface area contributed by atoms with E-state index < -0.39 is 0 Å². The minimum atomic E-state index is -0.149. The molecule has 1 amide bonds. The van der Waals surface area contributed by atoms with Gasteiger partial charge in [0.25, 0.3) is 5.91 Å². The second kappa shape index (κ2) is 11.0. The number of carbonyl (C=O) groups is 1. The number of amides is 1. The molecule has 5 rings (SSSR count). The minimum Gasteiger partial charge on any atom is -0.348 e. The molecule has 0 aliphatic heterocycles. The minimum absolute atomic E-state index is 0.149. The topological polar surface area (TPSA) is 88.8 Å². The SMILES string of the molecule is Cc1ncnc(C)c1C(=O)NCc1cccc(CN(Cc2cncn2C)C2CCCc3cccnc32)c1. The zero-order chi connectivity index (χ0) is 25.8. The first-order chi connectivity index (χ1) is 18.0. The average Bonchev–Trinajstić information content (AvgIpc) is 3.31. The number of rotatable bonds is 8. The van der Waals surface area contributed by atoms with E-state index in [4.69, 9.17) is 4.98 Å². The van der Waals surface area contributed by atoms with Crippen LogP contribution in [-0.4, -0.2) is 35.3 Å². The van der Waals surface area contributed by atoms with E-state index in [1.165, 1.54) is 28.8 Å². The molecule has 0 radical (unpaired) electrons. The van der Waals surface area contributed by atoms with Gasteiger partial charge in [0.1, 0.15) is 6.33 Å². The molecule has 190 valence electrons. The van der Waals surface area contributed by atoms with Crippen LogP contribution in [0.4, 0.5) is 0 Å². The zero-order valence-electron chi connectivity index (χ0n) is 21.7. The van der Waals surface area contributed by atoms with Crippen LogP contribution in [0.25, 0.3) is 0 Å². The summed E-state index contributed by atoms with van der Waals surface area (Å²) in [6.45, 7) is 5.66. The van der Waals surface area contributed by atoms with Crippen molar-refractivity contribution in [3.63, 3.8) is 0 Å². The summed E-state index contributed by atoms with van der Waals surface area (Å²) in [6, 6.07) is 12.9. The highest BCUT2D eigenvalue weighted by molar-refractivity contribution is 5.96. The Bertz CT molecular complexity index is 1380. The third-order valence-corrected chi connectivity index (χ3v) is 7.17. The summed E-state index contributed by atoms with van der Waals surface area (Å²) in [6.07, 6.45) is 10.5.